The van der Waals surface area contributed by atoms with Crippen LogP contribution in [0.1, 0.15) is 91.4 Å². The van der Waals surface area contributed by atoms with Crippen molar-refractivity contribution in [3.63, 3.8) is 0 Å². The number of carboxylic acid groups (broad SMARTS) is 1. The molecular weight excluding hydrogens is 418 g/mol. The van der Waals surface area contributed by atoms with E-state index < -0.39 is 5.97 Å². The highest BCUT2D eigenvalue weighted by Gasteiger charge is 2.63. The van der Waals surface area contributed by atoms with Gasteiger partial charge in [-0.15, -0.1) is 0 Å². The lowest BCUT2D eigenvalue weighted by atomic mass is 9.43. The predicted molar refractivity (Wildman–Crippen MR) is 126 cm³/mol. The number of carboxylic acids is 1. The van der Waals surface area contributed by atoms with Crippen LogP contribution in [0, 0.1) is 46.3 Å². The van der Waals surface area contributed by atoms with Crippen LogP contribution in [0.2, 0.25) is 0 Å². The first-order valence-electron chi connectivity index (χ1n) is 13.4. The van der Waals surface area contributed by atoms with Crippen LogP contribution >= 0.6 is 0 Å². The summed E-state index contributed by atoms with van der Waals surface area (Å²) in [6.07, 6.45) is 9.29. The van der Waals surface area contributed by atoms with E-state index in [1.807, 2.05) is 0 Å². The van der Waals surface area contributed by atoms with Gasteiger partial charge in [0, 0.05) is 13.0 Å². The van der Waals surface area contributed by atoms with E-state index in [1.54, 1.807) is 0 Å². The maximum absolute atomic E-state index is 12.2. The summed E-state index contributed by atoms with van der Waals surface area (Å²) in [7, 11) is 0. The molecule has 188 valence electrons. The van der Waals surface area contributed by atoms with Crippen LogP contribution < -0.4 is 5.32 Å². The Labute approximate surface area is 198 Å². The second-order valence-electron chi connectivity index (χ2n) is 12.4. The van der Waals surface area contributed by atoms with Crippen molar-refractivity contribution in [1.29, 1.82) is 0 Å². The number of aliphatic hydroxyl groups excluding tert-OH is 2. The van der Waals surface area contributed by atoms with Crippen LogP contribution in [-0.2, 0) is 9.59 Å². The predicted octanol–water partition coefficient (Wildman–Crippen LogP) is 3.98. The number of aliphatic carboxylic acids is 1. The van der Waals surface area contributed by atoms with Gasteiger partial charge in [0.1, 0.15) is 0 Å². The van der Waals surface area contributed by atoms with Gasteiger partial charge >= 0.3 is 5.97 Å². The quantitative estimate of drug-likeness (QED) is 0.457. The molecule has 0 aromatic heterocycles. The van der Waals surface area contributed by atoms with Gasteiger partial charge in [0.2, 0.25) is 5.91 Å². The van der Waals surface area contributed by atoms with Gasteiger partial charge in [-0.3, -0.25) is 9.59 Å². The molecule has 6 nitrogen and oxygen atoms in total. The molecule has 0 saturated heterocycles. The molecule has 4 saturated carbocycles. The third-order valence-electron chi connectivity index (χ3n) is 11.0. The van der Waals surface area contributed by atoms with Crippen LogP contribution in [0.3, 0.4) is 0 Å². The number of hydrogen-bond donors (Lipinski definition) is 4. The van der Waals surface area contributed by atoms with Gasteiger partial charge in [-0.25, -0.2) is 0 Å². The van der Waals surface area contributed by atoms with Crippen LogP contribution in [0.15, 0.2) is 0 Å². The summed E-state index contributed by atoms with van der Waals surface area (Å²) in [4.78, 5) is 22.8. The van der Waals surface area contributed by atoms with Crippen molar-refractivity contribution in [2.75, 3.05) is 6.54 Å². The molecule has 6 heteroatoms. The zero-order chi connectivity index (χ0) is 24.0. The zero-order valence-corrected chi connectivity index (χ0v) is 20.8. The van der Waals surface area contributed by atoms with Crippen molar-refractivity contribution >= 4 is 11.9 Å². The summed E-state index contributed by atoms with van der Waals surface area (Å²) in [5.74, 6) is 2.18. The number of hydrogen-bond acceptors (Lipinski definition) is 4. The molecule has 10 atom stereocenters. The minimum absolute atomic E-state index is 0.0445. The van der Waals surface area contributed by atoms with Crippen LogP contribution in [-0.4, -0.2) is 45.9 Å². The number of nitrogens with one attached hydrogen (secondary N) is 1. The van der Waals surface area contributed by atoms with E-state index in [0.717, 1.165) is 38.5 Å². The van der Waals surface area contributed by atoms with Gasteiger partial charge < -0.3 is 20.6 Å². The number of amides is 1. The number of carbonyl (C=O) groups is 2. The highest BCUT2D eigenvalue weighted by atomic mass is 16.4. The van der Waals surface area contributed by atoms with E-state index in [0.29, 0.717) is 41.9 Å². The van der Waals surface area contributed by atoms with Crippen molar-refractivity contribution < 1.29 is 24.9 Å². The van der Waals surface area contributed by atoms with E-state index in [1.165, 1.54) is 19.3 Å². The fourth-order valence-electron chi connectivity index (χ4n) is 9.12. The average Bonchev–Trinajstić information content (AvgIpc) is 3.12. The number of carbonyl (C=O) groups excluding carboxylic acids is 1. The summed E-state index contributed by atoms with van der Waals surface area (Å²) in [6.45, 7) is 7.21. The minimum atomic E-state index is -0.898. The summed E-state index contributed by atoms with van der Waals surface area (Å²) < 4.78 is 0. The number of rotatable bonds is 7. The van der Waals surface area contributed by atoms with Gasteiger partial charge in [0.15, 0.2) is 0 Å². The standard InChI is InChI=1S/C27H45NO5/c1-16(4-9-24(31)28-13-11-25(32)33)20-7-8-21-19-6-5-17-14-18(29)10-12-26(17,2)22(19)15-23(30)27(20,21)3/h16-23,29-30H,4-15H2,1-3H3,(H,28,31)(H,32,33). The third-order valence-corrected chi connectivity index (χ3v) is 11.0. The molecule has 10 unspecified atom stereocenters. The molecule has 1 amide bonds. The second kappa shape index (κ2) is 9.49. The Balaban J connectivity index is 1.41. The second-order valence-corrected chi connectivity index (χ2v) is 12.4. The van der Waals surface area contributed by atoms with Gasteiger partial charge in [-0.1, -0.05) is 20.8 Å². The van der Waals surface area contributed by atoms with Gasteiger partial charge in [0.05, 0.1) is 18.6 Å². The molecule has 4 aliphatic rings. The fourth-order valence-corrected chi connectivity index (χ4v) is 9.12. The van der Waals surface area contributed by atoms with Crippen molar-refractivity contribution in [1.82, 2.24) is 5.32 Å². The Bertz CT molecular complexity index is 742. The first kappa shape index (κ1) is 25.0. The lowest BCUT2D eigenvalue weighted by molar-refractivity contribution is -0.174. The monoisotopic (exact) mass is 463 g/mol. The van der Waals surface area contributed by atoms with E-state index in [9.17, 15) is 19.8 Å². The Morgan fingerprint density at radius 3 is 2.48 bits per heavy atom. The maximum Gasteiger partial charge on any atom is 0.305 e. The maximum atomic E-state index is 12.2. The molecule has 0 aliphatic heterocycles. The minimum Gasteiger partial charge on any atom is -0.481 e. The largest absolute Gasteiger partial charge is 0.481 e. The van der Waals surface area contributed by atoms with Gasteiger partial charge in [0.25, 0.3) is 0 Å². The zero-order valence-electron chi connectivity index (χ0n) is 20.8. The highest BCUT2D eigenvalue weighted by Crippen LogP contribution is 2.68. The topological polar surface area (TPSA) is 107 Å². The molecule has 4 aliphatic carbocycles. The molecule has 0 aromatic carbocycles. The summed E-state index contributed by atoms with van der Waals surface area (Å²) in [5.41, 5.74) is 0.167. The van der Waals surface area contributed by atoms with E-state index >= 15 is 0 Å². The first-order chi connectivity index (χ1) is 15.6. The van der Waals surface area contributed by atoms with E-state index in [2.05, 4.69) is 26.1 Å². The SMILES string of the molecule is CC(CCC(=O)NCCC(=O)O)C1CCC2C3CCC4CC(O)CCC4(C)C3CC(O)C12C. The molecule has 4 N–H and O–H groups in total. The van der Waals surface area contributed by atoms with Crippen molar-refractivity contribution in [2.45, 2.75) is 104 Å². The summed E-state index contributed by atoms with van der Waals surface area (Å²) in [5, 5.41) is 33.3. The summed E-state index contributed by atoms with van der Waals surface area (Å²) >= 11 is 0. The highest BCUT2D eigenvalue weighted by molar-refractivity contribution is 5.76. The normalized spacial score (nSPS) is 45.4. The van der Waals surface area contributed by atoms with Crippen molar-refractivity contribution in [3.8, 4) is 0 Å². The fraction of sp³-hybridized carbons (Fsp3) is 0.926. The lowest BCUT2D eigenvalue weighted by Crippen LogP contribution is -2.58. The Hall–Kier alpha value is -1.14. The van der Waals surface area contributed by atoms with E-state index in [-0.39, 0.29) is 41.9 Å². The Morgan fingerprint density at radius 1 is 1.00 bits per heavy atom. The molecule has 0 aromatic rings. The van der Waals surface area contributed by atoms with Crippen LogP contribution in [0.4, 0.5) is 0 Å². The van der Waals surface area contributed by atoms with E-state index in [4.69, 9.17) is 5.11 Å². The van der Waals surface area contributed by atoms with Gasteiger partial charge in [-0.2, -0.15) is 0 Å². The molecule has 0 heterocycles. The van der Waals surface area contributed by atoms with Crippen molar-refractivity contribution in [2.24, 2.45) is 46.3 Å². The Morgan fingerprint density at radius 2 is 1.76 bits per heavy atom. The third kappa shape index (κ3) is 4.47. The first-order valence-corrected chi connectivity index (χ1v) is 13.4. The molecule has 0 bridgehead atoms. The molecule has 4 fully saturated rings. The lowest BCUT2D eigenvalue weighted by Gasteiger charge is -2.62. The number of fused-ring (bicyclic) bond motifs is 5. The summed E-state index contributed by atoms with van der Waals surface area (Å²) in [6, 6.07) is 0. The number of aliphatic hydroxyl groups is 2. The van der Waals surface area contributed by atoms with Crippen LogP contribution in [0.25, 0.3) is 0 Å². The van der Waals surface area contributed by atoms with Gasteiger partial charge in [-0.05, 0) is 104 Å². The van der Waals surface area contributed by atoms with Crippen molar-refractivity contribution in [3.05, 3.63) is 0 Å². The smallest absolute Gasteiger partial charge is 0.305 e. The molecule has 0 radical (unpaired) electrons. The van der Waals surface area contributed by atoms with Crippen LogP contribution in [0.5, 0.6) is 0 Å². The Kier molecular flexibility index (Phi) is 7.18. The molecule has 0 spiro atoms. The molecular formula is C27H45NO5. The molecule has 33 heavy (non-hydrogen) atoms. The average molecular weight is 464 g/mol. The molecule has 4 rings (SSSR count).